The van der Waals surface area contributed by atoms with Crippen LogP contribution in [0.15, 0.2) is 18.2 Å². The number of hydrogen-bond acceptors (Lipinski definition) is 4. The lowest BCUT2D eigenvalue weighted by Crippen LogP contribution is -2.47. The molecule has 1 aliphatic rings. The van der Waals surface area contributed by atoms with Gasteiger partial charge in [-0.15, -0.1) is 0 Å². The van der Waals surface area contributed by atoms with Gasteiger partial charge >= 0.3 is 0 Å². The topological polar surface area (TPSA) is 30.9 Å². The van der Waals surface area contributed by atoms with Crippen molar-refractivity contribution in [2.45, 2.75) is 39.9 Å². The standard InChI is InChI=1S/C17H25NO3S/c1-5-19-15-8-7-14(9-16(15)20-6-2)17(22)18-10-12(3)21-13(4)11-18/h7-9,12-13H,5-6,10-11H2,1-4H3. The Bertz CT molecular complexity index is 511. The number of hydrogen-bond donors (Lipinski definition) is 0. The number of ether oxygens (including phenoxy) is 3. The molecule has 4 nitrogen and oxygen atoms in total. The number of benzene rings is 1. The van der Waals surface area contributed by atoms with Gasteiger partial charge < -0.3 is 19.1 Å². The molecular formula is C17H25NO3S. The zero-order chi connectivity index (χ0) is 16.1. The zero-order valence-electron chi connectivity index (χ0n) is 13.8. The Balaban J connectivity index is 2.20. The van der Waals surface area contributed by atoms with Crippen molar-refractivity contribution in [1.29, 1.82) is 0 Å². The number of rotatable bonds is 5. The van der Waals surface area contributed by atoms with Crippen LogP contribution in [0.3, 0.4) is 0 Å². The highest BCUT2D eigenvalue weighted by Gasteiger charge is 2.25. The molecule has 0 bridgehead atoms. The van der Waals surface area contributed by atoms with Gasteiger partial charge in [0.25, 0.3) is 0 Å². The first-order chi connectivity index (χ1) is 10.5. The zero-order valence-corrected chi connectivity index (χ0v) is 14.6. The molecule has 2 unspecified atom stereocenters. The van der Waals surface area contributed by atoms with E-state index in [9.17, 15) is 0 Å². The SMILES string of the molecule is CCOc1ccc(C(=S)N2CC(C)OC(C)C2)cc1OCC. The fourth-order valence-electron chi connectivity index (χ4n) is 2.71. The average molecular weight is 323 g/mol. The molecule has 22 heavy (non-hydrogen) atoms. The van der Waals surface area contributed by atoms with Gasteiger partial charge in [-0.25, -0.2) is 0 Å². The van der Waals surface area contributed by atoms with Gasteiger partial charge in [-0.05, 0) is 45.9 Å². The number of nitrogens with zero attached hydrogens (tertiary/aromatic N) is 1. The second kappa shape index (κ2) is 7.79. The molecule has 122 valence electrons. The molecule has 1 aromatic carbocycles. The highest BCUT2D eigenvalue weighted by atomic mass is 32.1. The lowest BCUT2D eigenvalue weighted by molar-refractivity contribution is -0.0472. The molecule has 0 amide bonds. The second-order valence-electron chi connectivity index (χ2n) is 5.49. The van der Waals surface area contributed by atoms with E-state index in [1.165, 1.54) is 0 Å². The fourth-order valence-corrected chi connectivity index (χ4v) is 2.99. The third-order valence-electron chi connectivity index (χ3n) is 3.50. The van der Waals surface area contributed by atoms with E-state index >= 15 is 0 Å². The fraction of sp³-hybridized carbons (Fsp3) is 0.588. The van der Waals surface area contributed by atoms with E-state index in [4.69, 9.17) is 26.4 Å². The minimum atomic E-state index is 0.191. The van der Waals surface area contributed by atoms with Crippen LogP contribution in [0.5, 0.6) is 11.5 Å². The van der Waals surface area contributed by atoms with Crippen molar-refractivity contribution in [3.63, 3.8) is 0 Å². The lowest BCUT2D eigenvalue weighted by atomic mass is 10.1. The van der Waals surface area contributed by atoms with Gasteiger partial charge in [-0.2, -0.15) is 0 Å². The summed E-state index contributed by atoms with van der Waals surface area (Å²) in [5, 5.41) is 0. The minimum absolute atomic E-state index is 0.191. The molecule has 2 atom stereocenters. The van der Waals surface area contributed by atoms with Crippen LogP contribution in [-0.4, -0.2) is 48.4 Å². The summed E-state index contributed by atoms with van der Waals surface area (Å²) in [6.45, 7) is 10.9. The van der Waals surface area contributed by atoms with Crippen LogP contribution in [0, 0.1) is 0 Å². The summed E-state index contributed by atoms with van der Waals surface area (Å²) in [7, 11) is 0. The summed E-state index contributed by atoms with van der Waals surface area (Å²) in [5.74, 6) is 1.51. The van der Waals surface area contributed by atoms with Crippen LogP contribution in [0.1, 0.15) is 33.3 Å². The van der Waals surface area contributed by atoms with Crippen molar-refractivity contribution < 1.29 is 14.2 Å². The predicted molar refractivity (Wildman–Crippen MR) is 92.1 cm³/mol. The van der Waals surface area contributed by atoms with Crippen LogP contribution < -0.4 is 9.47 Å². The van der Waals surface area contributed by atoms with Crippen molar-refractivity contribution in [2.24, 2.45) is 0 Å². The minimum Gasteiger partial charge on any atom is -0.490 e. The van der Waals surface area contributed by atoms with Gasteiger partial charge in [0.1, 0.15) is 4.99 Å². The van der Waals surface area contributed by atoms with Gasteiger partial charge in [0.15, 0.2) is 11.5 Å². The van der Waals surface area contributed by atoms with Gasteiger partial charge in [-0.1, -0.05) is 12.2 Å². The Hall–Kier alpha value is -1.33. The molecule has 0 radical (unpaired) electrons. The monoisotopic (exact) mass is 323 g/mol. The summed E-state index contributed by atoms with van der Waals surface area (Å²) in [6, 6.07) is 5.91. The Labute approximate surface area is 138 Å². The van der Waals surface area contributed by atoms with E-state index in [1.807, 2.05) is 32.0 Å². The summed E-state index contributed by atoms with van der Waals surface area (Å²) in [6.07, 6.45) is 0.381. The molecule has 0 aliphatic carbocycles. The Morgan fingerprint density at radius 3 is 2.32 bits per heavy atom. The van der Waals surface area contributed by atoms with Crippen LogP contribution in [0.4, 0.5) is 0 Å². The summed E-state index contributed by atoms with van der Waals surface area (Å²) in [4.78, 5) is 3.05. The molecule has 1 heterocycles. The molecule has 0 aromatic heterocycles. The predicted octanol–water partition coefficient (Wildman–Crippen LogP) is 3.27. The maximum Gasteiger partial charge on any atom is 0.161 e. The summed E-state index contributed by atoms with van der Waals surface area (Å²) < 4.78 is 17.1. The molecule has 2 rings (SSSR count). The van der Waals surface area contributed by atoms with Gasteiger partial charge in [0, 0.05) is 18.7 Å². The second-order valence-corrected chi connectivity index (χ2v) is 5.88. The van der Waals surface area contributed by atoms with Crippen molar-refractivity contribution in [1.82, 2.24) is 4.90 Å². The Kier molecular flexibility index (Phi) is 6.03. The molecule has 0 saturated carbocycles. The van der Waals surface area contributed by atoms with Crippen LogP contribution in [0.25, 0.3) is 0 Å². The normalized spacial score (nSPS) is 21.5. The molecule has 1 fully saturated rings. The molecule has 1 aliphatic heterocycles. The van der Waals surface area contributed by atoms with Crippen LogP contribution >= 0.6 is 12.2 Å². The molecule has 1 saturated heterocycles. The first kappa shape index (κ1) is 17.0. The van der Waals surface area contributed by atoms with E-state index in [0.29, 0.717) is 13.2 Å². The van der Waals surface area contributed by atoms with Crippen molar-refractivity contribution in [3.05, 3.63) is 23.8 Å². The largest absolute Gasteiger partial charge is 0.490 e. The third-order valence-corrected chi connectivity index (χ3v) is 3.99. The molecule has 0 N–H and O–H groups in total. The van der Waals surface area contributed by atoms with Gasteiger partial charge in [0.2, 0.25) is 0 Å². The highest BCUT2D eigenvalue weighted by Crippen LogP contribution is 2.29. The van der Waals surface area contributed by atoms with Crippen LogP contribution in [-0.2, 0) is 4.74 Å². The quantitative estimate of drug-likeness (QED) is 0.776. The first-order valence-electron chi connectivity index (χ1n) is 7.89. The molecule has 1 aromatic rings. The molecule has 0 spiro atoms. The Morgan fingerprint density at radius 1 is 1.14 bits per heavy atom. The smallest absolute Gasteiger partial charge is 0.161 e. The van der Waals surface area contributed by atoms with Gasteiger partial charge in [-0.3, -0.25) is 0 Å². The van der Waals surface area contributed by atoms with Crippen molar-refractivity contribution >= 4 is 17.2 Å². The Morgan fingerprint density at radius 2 is 1.73 bits per heavy atom. The summed E-state index contributed by atoms with van der Waals surface area (Å²) >= 11 is 5.67. The van der Waals surface area contributed by atoms with E-state index in [0.717, 1.165) is 35.1 Å². The molecular weight excluding hydrogens is 298 g/mol. The van der Waals surface area contributed by atoms with Crippen molar-refractivity contribution in [3.8, 4) is 11.5 Å². The van der Waals surface area contributed by atoms with E-state index in [1.54, 1.807) is 0 Å². The first-order valence-corrected chi connectivity index (χ1v) is 8.30. The highest BCUT2D eigenvalue weighted by molar-refractivity contribution is 7.80. The van der Waals surface area contributed by atoms with Gasteiger partial charge in [0.05, 0.1) is 25.4 Å². The van der Waals surface area contributed by atoms with Crippen molar-refractivity contribution in [2.75, 3.05) is 26.3 Å². The lowest BCUT2D eigenvalue weighted by Gasteiger charge is -2.37. The number of morpholine rings is 1. The van der Waals surface area contributed by atoms with E-state index in [-0.39, 0.29) is 12.2 Å². The van der Waals surface area contributed by atoms with E-state index < -0.39 is 0 Å². The van der Waals surface area contributed by atoms with Crippen LogP contribution in [0.2, 0.25) is 0 Å². The maximum atomic E-state index is 5.77. The maximum absolute atomic E-state index is 5.77. The third kappa shape index (κ3) is 4.11. The molecule has 5 heteroatoms. The summed E-state index contributed by atoms with van der Waals surface area (Å²) in [5.41, 5.74) is 0.989. The van der Waals surface area contributed by atoms with E-state index in [2.05, 4.69) is 18.7 Å². The average Bonchev–Trinajstić information content (AvgIpc) is 2.48. The number of thiocarbonyl (C=S) groups is 1.